The van der Waals surface area contributed by atoms with E-state index in [-0.39, 0.29) is 22.7 Å². The van der Waals surface area contributed by atoms with E-state index in [1.165, 1.54) is 6.92 Å². The first-order valence-corrected chi connectivity index (χ1v) is 11.1. The zero-order chi connectivity index (χ0) is 25.6. The molecule has 0 saturated carbocycles. The Balaban J connectivity index is 1.71. The minimum Gasteiger partial charge on any atom is -0.462 e. The van der Waals surface area contributed by atoms with Crippen molar-refractivity contribution < 1.29 is 41.8 Å². The van der Waals surface area contributed by atoms with Gasteiger partial charge >= 0.3 is 18.3 Å². The number of rotatable bonds is 8. The highest BCUT2D eigenvalue weighted by Crippen LogP contribution is 2.36. The highest BCUT2D eigenvalue weighted by atomic mass is 32.1. The summed E-state index contributed by atoms with van der Waals surface area (Å²) in [5.41, 5.74) is 0.915. The van der Waals surface area contributed by atoms with E-state index in [0.717, 1.165) is 46.0 Å². The number of hydrogen-bond donors (Lipinski definition) is 1. The Morgan fingerprint density at radius 2 is 1.66 bits per heavy atom. The second kappa shape index (κ2) is 11.0. The van der Waals surface area contributed by atoms with Crippen molar-refractivity contribution in [2.24, 2.45) is 0 Å². The highest BCUT2D eigenvalue weighted by Gasteiger charge is 2.31. The number of thiophene rings is 1. The van der Waals surface area contributed by atoms with Crippen molar-refractivity contribution in [1.82, 2.24) is 0 Å². The number of halogens is 3. The molecule has 0 fully saturated rings. The summed E-state index contributed by atoms with van der Waals surface area (Å²) in [4.78, 5) is 38.1. The maximum atomic E-state index is 12.7. The van der Waals surface area contributed by atoms with Crippen LogP contribution in [-0.4, -0.2) is 36.9 Å². The molecule has 0 aliphatic rings. The van der Waals surface area contributed by atoms with Crippen molar-refractivity contribution in [2.45, 2.75) is 26.3 Å². The average Bonchev–Trinajstić information content (AvgIpc) is 3.23. The lowest BCUT2D eigenvalue weighted by molar-refractivity contribution is -0.274. The molecule has 1 unspecified atom stereocenters. The average molecular weight is 507 g/mol. The lowest BCUT2D eigenvalue weighted by atomic mass is 10.1. The third-order valence-electron chi connectivity index (χ3n) is 4.50. The van der Waals surface area contributed by atoms with Gasteiger partial charge < -0.3 is 19.5 Å². The van der Waals surface area contributed by atoms with Crippen LogP contribution in [0.2, 0.25) is 0 Å². The predicted octanol–water partition coefficient (Wildman–Crippen LogP) is 5.67. The maximum Gasteiger partial charge on any atom is 0.573 e. The normalized spacial score (nSPS) is 11.9. The number of nitrogens with one attached hydrogen (secondary N) is 1. The first-order chi connectivity index (χ1) is 16.6. The van der Waals surface area contributed by atoms with Gasteiger partial charge in [0.2, 0.25) is 0 Å². The zero-order valence-electron chi connectivity index (χ0n) is 18.5. The molecule has 0 radical (unpaired) electrons. The van der Waals surface area contributed by atoms with Gasteiger partial charge in [0, 0.05) is 4.88 Å². The molecule has 3 aromatic rings. The van der Waals surface area contributed by atoms with E-state index in [9.17, 15) is 27.6 Å². The van der Waals surface area contributed by atoms with Gasteiger partial charge in [-0.15, -0.1) is 24.5 Å². The predicted molar refractivity (Wildman–Crippen MR) is 122 cm³/mol. The lowest BCUT2D eigenvalue weighted by Gasteiger charge is -2.14. The number of amides is 1. The number of esters is 2. The van der Waals surface area contributed by atoms with Crippen LogP contribution in [0.15, 0.2) is 60.7 Å². The summed E-state index contributed by atoms with van der Waals surface area (Å²) >= 11 is 1.15. The van der Waals surface area contributed by atoms with Crippen molar-refractivity contribution in [2.75, 3.05) is 11.9 Å². The Kier molecular flexibility index (Phi) is 8.13. The fourth-order valence-corrected chi connectivity index (χ4v) is 3.93. The molecule has 2 aromatic carbocycles. The molecule has 11 heteroatoms. The molecule has 1 N–H and O–H groups in total. The maximum absolute atomic E-state index is 12.7. The molecule has 0 bridgehead atoms. The van der Waals surface area contributed by atoms with Crippen LogP contribution in [0.3, 0.4) is 0 Å². The molecule has 0 saturated heterocycles. The lowest BCUT2D eigenvalue weighted by Crippen LogP contribution is -2.30. The van der Waals surface area contributed by atoms with Crippen molar-refractivity contribution in [3.63, 3.8) is 0 Å². The number of benzene rings is 2. The number of anilines is 1. The SMILES string of the molecule is CCOC(=O)c1cc(-c2ccccc2)sc1NC(=O)C(C)OC(=O)c1ccc(OC(F)(F)F)cc1. The van der Waals surface area contributed by atoms with Crippen LogP contribution in [0, 0.1) is 0 Å². The second-order valence-corrected chi connectivity index (χ2v) is 8.10. The summed E-state index contributed by atoms with van der Waals surface area (Å²) in [5.74, 6) is -2.75. The molecule has 35 heavy (non-hydrogen) atoms. The summed E-state index contributed by atoms with van der Waals surface area (Å²) in [6, 6.07) is 14.9. The van der Waals surface area contributed by atoms with Crippen LogP contribution in [0.5, 0.6) is 5.75 Å². The second-order valence-electron chi connectivity index (χ2n) is 7.05. The van der Waals surface area contributed by atoms with Crippen molar-refractivity contribution >= 4 is 34.2 Å². The van der Waals surface area contributed by atoms with Gasteiger partial charge in [0.1, 0.15) is 10.8 Å². The Labute approximate surface area is 202 Å². The molecular weight excluding hydrogens is 487 g/mol. The fraction of sp³-hybridized carbons (Fsp3) is 0.208. The molecule has 1 amide bonds. The van der Waals surface area contributed by atoms with Crippen molar-refractivity contribution in [3.8, 4) is 16.2 Å². The van der Waals surface area contributed by atoms with Gasteiger partial charge in [-0.1, -0.05) is 30.3 Å². The van der Waals surface area contributed by atoms with Crippen LogP contribution in [0.1, 0.15) is 34.6 Å². The number of ether oxygens (including phenoxy) is 3. The molecule has 1 atom stereocenters. The van der Waals surface area contributed by atoms with Crippen LogP contribution in [0.4, 0.5) is 18.2 Å². The molecule has 1 heterocycles. The molecule has 7 nitrogen and oxygen atoms in total. The van der Waals surface area contributed by atoms with E-state index in [0.29, 0.717) is 0 Å². The third kappa shape index (κ3) is 7.06. The monoisotopic (exact) mass is 507 g/mol. The van der Waals surface area contributed by atoms with Gasteiger partial charge in [-0.3, -0.25) is 4.79 Å². The number of carbonyl (C=O) groups excluding carboxylic acids is 3. The van der Waals surface area contributed by atoms with Crippen LogP contribution < -0.4 is 10.1 Å². The Bertz CT molecular complexity index is 1190. The molecule has 0 aliphatic heterocycles. The topological polar surface area (TPSA) is 90.9 Å². The molecule has 1 aromatic heterocycles. The standard InChI is InChI=1S/C24H20F3NO6S/c1-3-32-23(31)18-13-19(15-7-5-4-6-8-15)35-21(18)28-20(29)14(2)33-22(30)16-9-11-17(12-10-16)34-24(25,26)27/h4-14H,3H2,1-2H3,(H,28,29). The van der Waals surface area contributed by atoms with Gasteiger partial charge in [0.15, 0.2) is 6.10 Å². The third-order valence-corrected chi connectivity index (χ3v) is 5.60. The van der Waals surface area contributed by atoms with E-state index in [4.69, 9.17) is 9.47 Å². The van der Waals surface area contributed by atoms with Gasteiger partial charge in [-0.2, -0.15) is 0 Å². The minimum atomic E-state index is -4.86. The number of hydrogen-bond acceptors (Lipinski definition) is 7. The molecule has 3 rings (SSSR count). The fourth-order valence-electron chi connectivity index (χ4n) is 2.88. The van der Waals surface area contributed by atoms with Gasteiger partial charge in [0.05, 0.1) is 17.7 Å². The summed E-state index contributed by atoms with van der Waals surface area (Å²) in [7, 11) is 0. The van der Waals surface area contributed by atoms with E-state index >= 15 is 0 Å². The van der Waals surface area contributed by atoms with E-state index in [2.05, 4.69) is 10.1 Å². The van der Waals surface area contributed by atoms with Crippen LogP contribution in [-0.2, 0) is 14.3 Å². The molecular formula is C24H20F3NO6S. The number of alkyl halides is 3. The Morgan fingerprint density at radius 1 is 1.00 bits per heavy atom. The van der Waals surface area contributed by atoms with Gasteiger partial charge in [-0.25, -0.2) is 9.59 Å². The summed E-state index contributed by atoms with van der Waals surface area (Å²) in [6.07, 6.45) is -6.13. The highest BCUT2D eigenvalue weighted by molar-refractivity contribution is 7.20. The first kappa shape index (κ1) is 25.8. The van der Waals surface area contributed by atoms with E-state index in [1.54, 1.807) is 13.0 Å². The first-order valence-electron chi connectivity index (χ1n) is 10.3. The summed E-state index contributed by atoms with van der Waals surface area (Å²) < 4.78 is 50.8. The van der Waals surface area contributed by atoms with Crippen molar-refractivity contribution in [3.05, 3.63) is 71.8 Å². The molecule has 184 valence electrons. The summed E-state index contributed by atoms with van der Waals surface area (Å²) in [5, 5.41) is 2.81. The quantitative estimate of drug-likeness (QED) is 0.395. The Morgan fingerprint density at radius 3 is 2.26 bits per heavy atom. The van der Waals surface area contributed by atoms with Crippen LogP contribution >= 0.6 is 11.3 Å². The number of carbonyl (C=O) groups is 3. The molecule has 0 aliphatic carbocycles. The van der Waals surface area contributed by atoms with Crippen LogP contribution in [0.25, 0.3) is 10.4 Å². The van der Waals surface area contributed by atoms with E-state index < -0.39 is 36.1 Å². The van der Waals surface area contributed by atoms with Crippen molar-refractivity contribution in [1.29, 1.82) is 0 Å². The smallest absolute Gasteiger partial charge is 0.462 e. The minimum absolute atomic E-state index is 0.0751. The Hall–Kier alpha value is -3.86. The van der Waals surface area contributed by atoms with Gasteiger partial charge in [0.25, 0.3) is 5.91 Å². The van der Waals surface area contributed by atoms with E-state index in [1.807, 2.05) is 30.3 Å². The largest absolute Gasteiger partial charge is 0.573 e. The zero-order valence-corrected chi connectivity index (χ0v) is 19.4. The molecule has 0 spiro atoms. The van der Waals surface area contributed by atoms with Gasteiger partial charge in [-0.05, 0) is 49.7 Å². The summed E-state index contributed by atoms with van der Waals surface area (Å²) in [6.45, 7) is 3.12.